The molecule has 3 rings (SSSR count). The number of anilines is 1. The second kappa shape index (κ2) is 9.38. The maximum Gasteiger partial charge on any atom is 0.422 e. The van der Waals surface area contributed by atoms with E-state index >= 15 is 0 Å². The number of hydrogen-bond acceptors (Lipinski definition) is 4. The van der Waals surface area contributed by atoms with E-state index in [4.69, 9.17) is 4.74 Å². The largest absolute Gasteiger partial charge is 0.482 e. The van der Waals surface area contributed by atoms with Crippen LogP contribution in [0, 0.1) is 6.92 Å². The second-order valence-corrected chi connectivity index (χ2v) is 7.45. The molecule has 7 nitrogen and oxygen atoms in total. The predicted octanol–water partition coefficient (Wildman–Crippen LogP) is 0.581. The van der Waals surface area contributed by atoms with Crippen LogP contribution >= 0.6 is 0 Å². The zero-order valence-corrected chi connectivity index (χ0v) is 16.8. The summed E-state index contributed by atoms with van der Waals surface area (Å²) in [6.07, 6.45) is -2.27. The van der Waals surface area contributed by atoms with Gasteiger partial charge in [-0.1, -0.05) is 12.1 Å². The van der Waals surface area contributed by atoms with E-state index < -0.39 is 18.5 Å². The number of H-pyrrole nitrogens is 1. The third-order valence-corrected chi connectivity index (χ3v) is 5.22. The Bertz CT molecular complexity index is 963. The normalized spacial score (nSPS) is 15.4. The molecule has 1 aromatic carbocycles. The molecule has 0 bridgehead atoms. The monoisotopic (exact) mass is 427 g/mol. The number of ether oxygens (including phenoxy) is 1. The van der Waals surface area contributed by atoms with Crippen molar-refractivity contribution in [3.05, 3.63) is 56.9 Å². The molecular formula is C20H26F3N4O3+. The van der Waals surface area contributed by atoms with E-state index in [9.17, 15) is 22.8 Å². The van der Waals surface area contributed by atoms with Crippen molar-refractivity contribution in [2.24, 2.45) is 0 Å². The molecule has 1 aliphatic heterocycles. The number of nitrogens with zero attached hydrogens (tertiary/aromatic N) is 2. The van der Waals surface area contributed by atoms with Crippen molar-refractivity contribution >= 4 is 5.69 Å². The van der Waals surface area contributed by atoms with Gasteiger partial charge in [0.1, 0.15) is 5.75 Å². The number of para-hydroxylation sites is 2. The van der Waals surface area contributed by atoms with E-state index in [1.807, 2.05) is 4.90 Å². The van der Waals surface area contributed by atoms with Gasteiger partial charge in [-0.3, -0.25) is 9.36 Å². The SMILES string of the molecule is Cc1c[nH]c(=O)n(CCC[NH+]2CCN(c3ccccc3OCC(F)(F)F)CC2)c1=O. The number of aromatic nitrogens is 2. The first kappa shape index (κ1) is 21.9. The Morgan fingerprint density at radius 2 is 1.87 bits per heavy atom. The van der Waals surface area contributed by atoms with E-state index in [2.05, 4.69) is 4.98 Å². The number of piperazine rings is 1. The molecule has 1 fully saturated rings. The summed E-state index contributed by atoms with van der Waals surface area (Å²) in [7, 11) is 0. The standard InChI is InChI=1S/C20H25F3N4O3/c1-15-13-24-19(29)27(18(15)28)8-4-7-25-9-11-26(12-10-25)16-5-2-3-6-17(16)30-14-20(21,22)23/h2-3,5-6,13H,4,7-12,14H2,1H3,(H,24,29)/p+1. The summed E-state index contributed by atoms with van der Waals surface area (Å²) < 4.78 is 43.7. The molecule has 0 atom stereocenters. The summed E-state index contributed by atoms with van der Waals surface area (Å²) in [5, 5.41) is 0. The summed E-state index contributed by atoms with van der Waals surface area (Å²) in [5.41, 5.74) is 0.496. The van der Waals surface area contributed by atoms with Gasteiger partial charge in [0.15, 0.2) is 6.61 Å². The highest BCUT2D eigenvalue weighted by molar-refractivity contribution is 5.58. The fourth-order valence-corrected chi connectivity index (χ4v) is 3.62. The van der Waals surface area contributed by atoms with Gasteiger partial charge in [0.25, 0.3) is 5.56 Å². The molecule has 1 saturated heterocycles. The Balaban J connectivity index is 1.52. The van der Waals surface area contributed by atoms with Gasteiger partial charge in [-0.25, -0.2) is 4.79 Å². The van der Waals surface area contributed by atoms with Crippen LogP contribution in [0.15, 0.2) is 40.1 Å². The van der Waals surface area contributed by atoms with Crippen molar-refractivity contribution in [2.75, 3.05) is 44.2 Å². The number of aryl methyl sites for hydroxylation is 1. The number of hydrogen-bond donors (Lipinski definition) is 2. The molecular weight excluding hydrogens is 401 g/mol. The molecule has 0 spiro atoms. The number of nitrogens with one attached hydrogen (secondary N) is 2. The van der Waals surface area contributed by atoms with Crippen molar-refractivity contribution in [1.29, 1.82) is 0 Å². The first-order valence-electron chi connectivity index (χ1n) is 9.91. The molecule has 0 amide bonds. The molecule has 1 aliphatic rings. The van der Waals surface area contributed by atoms with E-state index in [1.165, 1.54) is 15.7 Å². The number of benzene rings is 1. The van der Waals surface area contributed by atoms with Crippen molar-refractivity contribution in [3.8, 4) is 5.75 Å². The third kappa shape index (κ3) is 5.65. The van der Waals surface area contributed by atoms with E-state index in [0.717, 1.165) is 19.6 Å². The fraction of sp³-hybridized carbons (Fsp3) is 0.500. The summed E-state index contributed by atoms with van der Waals surface area (Å²) in [6.45, 7) is 4.51. The quantitative estimate of drug-likeness (QED) is 0.678. The Morgan fingerprint density at radius 1 is 1.17 bits per heavy atom. The molecule has 1 aromatic heterocycles. The highest BCUT2D eigenvalue weighted by Gasteiger charge is 2.29. The highest BCUT2D eigenvalue weighted by atomic mass is 19.4. The van der Waals surface area contributed by atoms with Gasteiger partial charge in [0.2, 0.25) is 0 Å². The van der Waals surface area contributed by atoms with Crippen LogP contribution in [0.2, 0.25) is 0 Å². The highest BCUT2D eigenvalue weighted by Crippen LogP contribution is 2.29. The Kier molecular flexibility index (Phi) is 6.86. The van der Waals surface area contributed by atoms with Crippen molar-refractivity contribution in [3.63, 3.8) is 0 Å². The minimum absolute atomic E-state index is 0.233. The molecule has 2 heterocycles. The Morgan fingerprint density at radius 3 is 2.57 bits per heavy atom. The van der Waals surface area contributed by atoms with Crippen LogP contribution < -0.4 is 25.8 Å². The van der Waals surface area contributed by atoms with Gasteiger partial charge >= 0.3 is 11.9 Å². The van der Waals surface area contributed by atoms with Crippen LogP contribution in [0.25, 0.3) is 0 Å². The molecule has 10 heteroatoms. The first-order valence-corrected chi connectivity index (χ1v) is 9.91. The van der Waals surface area contributed by atoms with Crippen molar-refractivity contribution in [2.45, 2.75) is 26.1 Å². The lowest BCUT2D eigenvalue weighted by molar-refractivity contribution is -0.900. The Labute approximate surface area is 171 Å². The lowest BCUT2D eigenvalue weighted by Crippen LogP contribution is -3.14. The molecule has 30 heavy (non-hydrogen) atoms. The fourth-order valence-electron chi connectivity index (χ4n) is 3.62. The average Bonchev–Trinajstić information content (AvgIpc) is 2.72. The number of quaternary nitrogens is 1. The number of alkyl halides is 3. The molecule has 2 N–H and O–H groups in total. The molecule has 0 radical (unpaired) electrons. The van der Waals surface area contributed by atoms with E-state index in [-0.39, 0.29) is 11.3 Å². The van der Waals surface area contributed by atoms with Gasteiger partial charge in [0.05, 0.1) is 38.4 Å². The summed E-state index contributed by atoms with van der Waals surface area (Å²) in [5.74, 6) is 0.233. The van der Waals surface area contributed by atoms with E-state index in [1.54, 1.807) is 31.2 Å². The molecule has 0 saturated carbocycles. The predicted molar refractivity (Wildman–Crippen MR) is 106 cm³/mol. The van der Waals surface area contributed by atoms with Crippen LogP contribution in [0.1, 0.15) is 12.0 Å². The van der Waals surface area contributed by atoms with Crippen molar-refractivity contribution < 1.29 is 22.8 Å². The zero-order chi connectivity index (χ0) is 21.7. The smallest absolute Gasteiger partial charge is 0.422 e. The van der Waals surface area contributed by atoms with Crippen LogP contribution in [-0.2, 0) is 6.54 Å². The van der Waals surface area contributed by atoms with Crippen LogP contribution in [0.5, 0.6) is 5.75 Å². The van der Waals surface area contributed by atoms with Crippen LogP contribution in [0.3, 0.4) is 0 Å². The van der Waals surface area contributed by atoms with Crippen LogP contribution in [-0.4, -0.2) is 55.1 Å². The van der Waals surface area contributed by atoms with Gasteiger partial charge in [0, 0.05) is 24.7 Å². The number of rotatable bonds is 7. The van der Waals surface area contributed by atoms with Gasteiger partial charge in [-0.05, 0) is 19.1 Å². The second-order valence-electron chi connectivity index (χ2n) is 7.45. The topological polar surface area (TPSA) is 71.8 Å². The molecule has 0 unspecified atom stereocenters. The zero-order valence-electron chi connectivity index (χ0n) is 16.8. The maximum absolute atomic E-state index is 12.5. The third-order valence-electron chi connectivity index (χ3n) is 5.22. The van der Waals surface area contributed by atoms with Crippen molar-refractivity contribution in [1.82, 2.24) is 9.55 Å². The number of aromatic amines is 1. The lowest BCUT2D eigenvalue weighted by atomic mass is 10.2. The first-order chi connectivity index (χ1) is 14.2. The maximum atomic E-state index is 12.5. The summed E-state index contributed by atoms with van der Waals surface area (Å²) in [6, 6.07) is 6.77. The van der Waals surface area contributed by atoms with E-state index in [0.29, 0.717) is 37.3 Å². The average molecular weight is 427 g/mol. The van der Waals surface area contributed by atoms with Gasteiger partial charge in [-0.2, -0.15) is 13.2 Å². The van der Waals surface area contributed by atoms with Crippen LogP contribution in [0.4, 0.5) is 18.9 Å². The lowest BCUT2D eigenvalue weighted by Gasteiger charge is -2.34. The van der Waals surface area contributed by atoms with Gasteiger partial charge in [-0.15, -0.1) is 0 Å². The van der Waals surface area contributed by atoms with Gasteiger partial charge < -0.3 is 19.5 Å². The minimum atomic E-state index is -4.38. The summed E-state index contributed by atoms with van der Waals surface area (Å²) >= 11 is 0. The summed E-state index contributed by atoms with van der Waals surface area (Å²) in [4.78, 5) is 29.8. The molecule has 0 aliphatic carbocycles. The number of halogens is 3. The minimum Gasteiger partial charge on any atom is -0.482 e. The molecule has 164 valence electrons. The Hall–Kier alpha value is -2.75. The molecule has 2 aromatic rings.